The van der Waals surface area contributed by atoms with E-state index in [1.165, 1.54) is 12.1 Å². The Kier molecular flexibility index (Phi) is 4.57. The molecule has 122 valence electrons. The molecule has 0 saturated heterocycles. The zero-order valence-corrected chi connectivity index (χ0v) is 13.6. The summed E-state index contributed by atoms with van der Waals surface area (Å²) in [6.07, 6.45) is 1.65. The predicted molar refractivity (Wildman–Crippen MR) is 90.5 cm³/mol. The van der Waals surface area contributed by atoms with Gasteiger partial charge in [-0.3, -0.25) is 4.79 Å². The zero-order valence-electron chi connectivity index (χ0n) is 12.8. The molecule has 0 radical (unpaired) electrons. The van der Waals surface area contributed by atoms with Crippen molar-refractivity contribution >= 4 is 23.2 Å². The molecule has 0 atom stereocenters. The second-order valence-corrected chi connectivity index (χ2v) is 5.51. The monoisotopic (exact) mass is 344 g/mol. The van der Waals surface area contributed by atoms with Crippen LogP contribution in [0.3, 0.4) is 0 Å². The molecule has 0 unspecified atom stereocenters. The van der Waals surface area contributed by atoms with Crippen molar-refractivity contribution < 1.29 is 9.18 Å². The van der Waals surface area contributed by atoms with Crippen molar-refractivity contribution in [2.24, 2.45) is 0 Å². The molecule has 0 aliphatic carbocycles. The highest BCUT2D eigenvalue weighted by Gasteiger charge is 2.12. The molecule has 7 heteroatoms. The van der Waals surface area contributed by atoms with Crippen molar-refractivity contribution in [2.45, 2.75) is 13.5 Å². The number of amides is 1. The number of hydrogen-bond acceptors (Lipinski definition) is 3. The van der Waals surface area contributed by atoms with Crippen LogP contribution < -0.4 is 5.32 Å². The van der Waals surface area contributed by atoms with Crippen molar-refractivity contribution in [3.8, 4) is 11.4 Å². The molecular weight excluding hydrogens is 331 g/mol. The van der Waals surface area contributed by atoms with E-state index in [4.69, 9.17) is 11.6 Å². The van der Waals surface area contributed by atoms with Gasteiger partial charge in [-0.05, 0) is 37.3 Å². The highest BCUT2D eigenvalue weighted by atomic mass is 35.5. The molecule has 0 aliphatic rings. The third-order valence-corrected chi connectivity index (χ3v) is 3.82. The number of carbonyl (C=O) groups is 1. The van der Waals surface area contributed by atoms with E-state index in [-0.39, 0.29) is 10.6 Å². The molecule has 1 aromatic heterocycles. The van der Waals surface area contributed by atoms with E-state index in [0.717, 1.165) is 18.2 Å². The van der Waals surface area contributed by atoms with Crippen LogP contribution in [-0.4, -0.2) is 20.7 Å². The largest absolute Gasteiger partial charge is 0.322 e. The van der Waals surface area contributed by atoms with E-state index >= 15 is 0 Å². The first-order valence-corrected chi connectivity index (χ1v) is 7.71. The van der Waals surface area contributed by atoms with Crippen LogP contribution in [0.1, 0.15) is 17.3 Å². The van der Waals surface area contributed by atoms with Crippen LogP contribution >= 0.6 is 11.6 Å². The molecule has 0 aliphatic heterocycles. The Labute approximate surface area is 143 Å². The fourth-order valence-electron chi connectivity index (χ4n) is 2.32. The first-order chi connectivity index (χ1) is 11.6. The van der Waals surface area contributed by atoms with Crippen LogP contribution in [-0.2, 0) is 6.54 Å². The minimum Gasteiger partial charge on any atom is -0.322 e. The van der Waals surface area contributed by atoms with Gasteiger partial charge in [0.2, 0.25) is 0 Å². The summed E-state index contributed by atoms with van der Waals surface area (Å²) in [6, 6.07) is 10.9. The normalized spacial score (nSPS) is 10.6. The molecule has 0 bridgehead atoms. The molecule has 0 fully saturated rings. The summed E-state index contributed by atoms with van der Waals surface area (Å²) in [6.45, 7) is 2.74. The quantitative estimate of drug-likeness (QED) is 0.778. The lowest BCUT2D eigenvalue weighted by atomic mass is 10.1. The number of nitrogens with zero attached hydrogens (tertiary/aromatic N) is 3. The Morgan fingerprint density at radius 1 is 1.29 bits per heavy atom. The topological polar surface area (TPSA) is 59.8 Å². The predicted octanol–water partition coefficient (Wildman–Crippen LogP) is 4.01. The summed E-state index contributed by atoms with van der Waals surface area (Å²) in [5, 5.41) is 10.8. The number of halogens is 2. The molecule has 0 spiro atoms. The van der Waals surface area contributed by atoms with Gasteiger partial charge in [0.1, 0.15) is 12.1 Å². The number of nitrogens with one attached hydrogen (secondary N) is 1. The number of aromatic nitrogens is 3. The number of aryl methyl sites for hydroxylation is 1. The molecule has 0 saturated carbocycles. The number of benzene rings is 2. The fourth-order valence-corrected chi connectivity index (χ4v) is 2.57. The molecule has 24 heavy (non-hydrogen) atoms. The maximum absolute atomic E-state index is 13.1. The van der Waals surface area contributed by atoms with Crippen molar-refractivity contribution in [3.05, 3.63) is 65.2 Å². The summed E-state index contributed by atoms with van der Waals surface area (Å²) >= 11 is 5.92. The summed E-state index contributed by atoms with van der Waals surface area (Å²) < 4.78 is 15.0. The van der Waals surface area contributed by atoms with Crippen LogP contribution in [0.4, 0.5) is 10.1 Å². The number of anilines is 1. The Hall–Kier alpha value is -2.73. The minimum absolute atomic E-state index is 0.0642. The first kappa shape index (κ1) is 16.1. The van der Waals surface area contributed by atoms with Crippen molar-refractivity contribution in [1.82, 2.24) is 14.8 Å². The van der Waals surface area contributed by atoms with Crippen molar-refractivity contribution in [1.29, 1.82) is 0 Å². The van der Waals surface area contributed by atoms with E-state index < -0.39 is 11.7 Å². The van der Waals surface area contributed by atoms with E-state index in [1.807, 2.05) is 23.6 Å². The highest BCUT2D eigenvalue weighted by Crippen LogP contribution is 2.23. The number of carbonyl (C=O) groups excluding carboxylic acids is 1. The number of rotatable bonds is 4. The van der Waals surface area contributed by atoms with Gasteiger partial charge in [-0.15, -0.1) is 10.2 Å². The third-order valence-electron chi connectivity index (χ3n) is 3.51. The van der Waals surface area contributed by atoms with E-state index in [9.17, 15) is 9.18 Å². The van der Waals surface area contributed by atoms with Crippen LogP contribution in [0.5, 0.6) is 0 Å². The smallest absolute Gasteiger partial charge is 0.257 e. The Bertz CT molecular complexity index is 894. The van der Waals surface area contributed by atoms with Gasteiger partial charge in [0.15, 0.2) is 5.82 Å². The minimum atomic E-state index is -0.488. The average molecular weight is 345 g/mol. The molecule has 2 aromatic carbocycles. The molecule has 3 aromatic rings. The maximum Gasteiger partial charge on any atom is 0.257 e. The summed E-state index contributed by atoms with van der Waals surface area (Å²) in [5.74, 6) is -0.181. The third kappa shape index (κ3) is 3.28. The summed E-state index contributed by atoms with van der Waals surface area (Å²) in [4.78, 5) is 12.3. The molecular formula is C17H14ClFN4O. The average Bonchev–Trinajstić information content (AvgIpc) is 3.03. The summed E-state index contributed by atoms with van der Waals surface area (Å²) in [5.41, 5.74) is 1.63. The molecule has 1 amide bonds. The van der Waals surface area contributed by atoms with Gasteiger partial charge in [0.25, 0.3) is 5.91 Å². The second-order valence-electron chi connectivity index (χ2n) is 5.10. The lowest BCUT2D eigenvalue weighted by Crippen LogP contribution is -2.12. The van der Waals surface area contributed by atoms with Gasteiger partial charge in [0.05, 0.1) is 10.6 Å². The van der Waals surface area contributed by atoms with Gasteiger partial charge >= 0.3 is 0 Å². The van der Waals surface area contributed by atoms with Crippen LogP contribution in [0.2, 0.25) is 5.02 Å². The Balaban J connectivity index is 1.86. The molecule has 1 heterocycles. The Morgan fingerprint density at radius 2 is 2.12 bits per heavy atom. The summed E-state index contributed by atoms with van der Waals surface area (Å²) in [7, 11) is 0. The fraction of sp³-hybridized carbons (Fsp3) is 0.118. The first-order valence-electron chi connectivity index (χ1n) is 7.33. The van der Waals surface area contributed by atoms with Crippen LogP contribution in [0.25, 0.3) is 11.4 Å². The van der Waals surface area contributed by atoms with Gasteiger partial charge < -0.3 is 9.88 Å². The van der Waals surface area contributed by atoms with Crippen molar-refractivity contribution in [3.63, 3.8) is 0 Å². The van der Waals surface area contributed by atoms with Gasteiger partial charge in [-0.2, -0.15) is 0 Å². The second kappa shape index (κ2) is 6.80. The molecule has 5 nitrogen and oxygen atoms in total. The van der Waals surface area contributed by atoms with E-state index in [2.05, 4.69) is 15.5 Å². The molecule has 3 rings (SSSR count). The van der Waals surface area contributed by atoms with Gasteiger partial charge in [-0.1, -0.05) is 23.7 Å². The van der Waals surface area contributed by atoms with Crippen LogP contribution in [0, 0.1) is 5.82 Å². The lowest BCUT2D eigenvalue weighted by molar-refractivity contribution is 0.102. The Morgan fingerprint density at radius 3 is 2.88 bits per heavy atom. The standard InChI is InChI=1S/C17H14ClFN4O/c1-2-23-10-20-22-16(23)11-4-3-5-13(8-11)21-17(24)14-7-6-12(19)9-15(14)18/h3-10H,2H2,1H3,(H,21,24). The maximum atomic E-state index is 13.1. The SMILES string of the molecule is CCn1cnnc1-c1cccc(NC(=O)c2ccc(F)cc2Cl)c1. The van der Waals surface area contributed by atoms with Gasteiger partial charge in [-0.25, -0.2) is 4.39 Å². The zero-order chi connectivity index (χ0) is 17.1. The lowest BCUT2D eigenvalue weighted by Gasteiger charge is -2.09. The van der Waals surface area contributed by atoms with Crippen molar-refractivity contribution in [2.75, 3.05) is 5.32 Å². The number of hydrogen-bond donors (Lipinski definition) is 1. The van der Waals surface area contributed by atoms with E-state index in [0.29, 0.717) is 11.5 Å². The highest BCUT2D eigenvalue weighted by molar-refractivity contribution is 6.34. The van der Waals surface area contributed by atoms with E-state index in [1.54, 1.807) is 18.5 Å². The van der Waals surface area contributed by atoms with Gasteiger partial charge in [0, 0.05) is 17.8 Å². The van der Waals surface area contributed by atoms with Crippen LogP contribution in [0.15, 0.2) is 48.8 Å². The molecule has 1 N–H and O–H groups in total.